The molecule has 1 aromatic carbocycles. The van der Waals surface area contributed by atoms with Gasteiger partial charge in [0.2, 0.25) is 11.8 Å². The van der Waals surface area contributed by atoms with E-state index < -0.39 is 30.5 Å². The van der Waals surface area contributed by atoms with Crippen molar-refractivity contribution in [3.8, 4) is 28.6 Å². The molecule has 0 spiro atoms. The Bertz CT molecular complexity index is 1190. The number of halogens is 4. The van der Waals surface area contributed by atoms with Crippen molar-refractivity contribution in [3.63, 3.8) is 0 Å². The van der Waals surface area contributed by atoms with Crippen LogP contribution in [0.1, 0.15) is 15.9 Å². The Kier molecular flexibility index (Phi) is 6.53. The third-order valence-corrected chi connectivity index (χ3v) is 5.05. The SMILES string of the molecule is COc1ncc(-c2cccc3c2C[C@H](NC(=O)c2ccc(OCC(F)(F)F)nc2)CO3)cc1F. The molecule has 11 heteroatoms. The molecule has 178 valence electrons. The maximum Gasteiger partial charge on any atom is 0.422 e. The van der Waals surface area contributed by atoms with E-state index in [-0.39, 0.29) is 23.9 Å². The van der Waals surface area contributed by atoms with E-state index in [4.69, 9.17) is 9.47 Å². The van der Waals surface area contributed by atoms with Crippen LogP contribution in [0.3, 0.4) is 0 Å². The van der Waals surface area contributed by atoms with Gasteiger partial charge < -0.3 is 19.5 Å². The van der Waals surface area contributed by atoms with Crippen LogP contribution < -0.4 is 19.5 Å². The molecule has 3 aromatic rings. The summed E-state index contributed by atoms with van der Waals surface area (Å²) in [7, 11) is 1.33. The standard InChI is InChI=1S/C23H19F4N3O4/c1-32-22-18(24)7-14(10-29-22)16-3-2-4-19-17(16)8-15(11-33-19)30-21(31)13-5-6-20(28-9-13)34-12-23(25,26)27/h2-7,9-10,15H,8,11-12H2,1H3,(H,30,31)/t15-/m0/s1. The highest BCUT2D eigenvalue weighted by molar-refractivity contribution is 5.94. The van der Waals surface area contributed by atoms with Gasteiger partial charge in [0.25, 0.3) is 5.91 Å². The maximum atomic E-state index is 14.2. The summed E-state index contributed by atoms with van der Waals surface area (Å²) in [5.41, 5.74) is 2.17. The molecule has 2 aromatic heterocycles. The molecule has 4 rings (SSSR count). The highest BCUT2D eigenvalue weighted by Crippen LogP contribution is 2.35. The molecule has 0 bridgehead atoms. The molecule has 0 aliphatic carbocycles. The Hall–Kier alpha value is -3.89. The average Bonchev–Trinajstić information content (AvgIpc) is 2.82. The fraction of sp³-hybridized carbons (Fsp3) is 0.261. The van der Waals surface area contributed by atoms with Gasteiger partial charge in [-0.1, -0.05) is 12.1 Å². The fourth-order valence-corrected chi connectivity index (χ4v) is 3.52. The third-order valence-electron chi connectivity index (χ3n) is 5.05. The number of hydrogen-bond donors (Lipinski definition) is 1. The lowest BCUT2D eigenvalue weighted by atomic mass is 9.93. The number of rotatable bonds is 6. The summed E-state index contributed by atoms with van der Waals surface area (Å²) in [4.78, 5) is 20.3. The first-order chi connectivity index (χ1) is 16.2. The molecular weight excluding hydrogens is 458 g/mol. The third kappa shape index (κ3) is 5.36. The second-order valence-corrected chi connectivity index (χ2v) is 7.47. The van der Waals surface area contributed by atoms with Crippen molar-refractivity contribution in [1.29, 1.82) is 0 Å². The van der Waals surface area contributed by atoms with Crippen LogP contribution in [0.15, 0.2) is 48.8 Å². The van der Waals surface area contributed by atoms with Gasteiger partial charge in [0.05, 0.1) is 18.7 Å². The van der Waals surface area contributed by atoms with Crippen molar-refractivity contribution in [3.05, 3.63) is 65.7 Å². The van der Waals surface area contributed by atoms with Crippen LogP contribution in [-0.4, -0.2) is 48.4 Å². The zero-order valence-corrected chi connectivity index (χ0v) is 17.9. The van der Waals surface area contributed by atoms with Crippen LogP contribution in [0.4, 0.5) is 17.6 Å². The molecule has 1 amide bonds. The average molecular weight is 477 g/mol. The molecule has 0 radical (unpaired) electrons. The van der Waals surface area contributed by atoms with Crippen LogP contribution in [0.2, 0.25) is 0 Å². The first-order valence-electron chi connectivity index (χ1n) is 10.1. The van der Waals surface area contributed by atoms with E-state index in [1.807, 2.05) is 0 Å². The number of carbonyl (C=O) groups is 1. The molecule has 0 saturated carbocycles. The Balaban J connectivity index is 1.46. The molecule has 0 unspecified atom stereocenters. The summed E-state index contributed by atoms with van der Waals surface area (Å²) >= 11 is 0. The summed E-state index contributed by atoms with van der Waals surface area (Å²) in [6, 6.07) is 8.80. The van der Waals surface area contributed by atoms with Crippen molar-refractivity contribution >= 4 is 5.91 Å². The summed E-state index contributed by atoms with van der Waals surface area (Å²) in [5.74, 6) is -0.810. The minimum atomic E-state index is -4.48. The number of carbonyl (C=O) groups excluding carboxylic acids is 1. The number of fused-ring (bicyclic) bond motifs is 1. The van der Waals surface area contributed by atoms with Crippen LogP contribution in [-0.2, 0) is 6.42 Å². The van der Waals surface area contributed by atoms with E-state index in [1.54, 1.807) is 18.2 Å². The van der Waals surface area contributed by atoms with Crippen molar-refractivity contribution in [2.24, 2.45) is 0 Å². The molecule has 1 atom stereocenters. The summed E-state index contributed by atoms with van der Waals surface area (Å²) < 4.78 is 66.1. The fourth-order valence-electron chi connectivity index (χ4n) is 3.52. The van der Waals surface area contributed by atoms with Gasteiger partial charge in [0, 0.05) is 36.0 Å². The normalized spacial score (nSPS) is 15.1. The lowest BCUT2D eigenvalue weighted by Crippen LogP contribution is -2.42. The number of ether oxygens (including phenoxy) is 3. The number of alkyl halides is 3. The topological polar surface area (TPSA) is 82.6 Å². The van der Waals surface area contributed by atoms with Gasteiger partial charge in [0.1, 0.15) is 12.4 Å². The minimum absolute atomic E-state index is 0.113. The van der Waals surface area contributed by atoms with E-state index in [0.717, 1.165) is 11.8 Å². The van der Waals surface area contributed by atoms with Crippen molar-refractivity contribution in [1.82, 2.24) is 15.3 Å². The number of methoxy groups -OCH3 is 1. The van der Waals surface area contributed by atoms with Gasteiger partial charge in [0.15, 0.2) is 12.4 Å². The number of nitrogens with one attached hydrogen (secondary N) is 1. The van der Waals surface area contributed by atoms with Gasteiger partial charge in [-0.25, -0.2) is 14.4 Å². The van der Waals surface area contributed by atoms with Crippen LogP contribution in [0, 0.1) is 5.82 Å². The van der Waals surface area contributed by atoms with Crippen LogP contribution in [0.5, 0.6) is 17.5 Å². The van der Waals surface area contributed by atoms with Gasteiger partial charge in [-0.3, -0.25) is 4.79 Å². The monoisotopic (exact) mass is 477 g/mol. The second kappa shape index (κ2) is 9.54. The number of nitrogens with zero attached hydrogens (tertiary/aromatic N) is 2. The molecule has 1 N–H and O–H groups in total. The van der Waals surface area contributed by atoms with Gasteiger partial charge in [-0.05, 0) is 23.8 Å². The van der Waals surface area contributed by atoms with Gasteiger partial charge in [-0.2, -0.15) is 13.2 Å². The van der Waals surface area contributed by atoms with Gasteiger partial charge >= 0.3 is 6.18 Å². The predicted octanol–water partition coefficient (Wildman–Crippen LogP) is 3.97. The Labute approximate surface area is 191 Å². The summed E-state index contributed by atoms with van der Waals surface area (Å²) in [6.45, 7) is -1.27. The first kappa shape index (κ1) is 23.3. The molecular formula is C23H19F4N3O4. The van der Waals surface area contributed by atoms with E-state index in [0.29, 0.717) is 23.3 Å². The molecule has 1 aliphatic rings. The van der Waals surface area contributed by atoms with Crippen LogP contribution >= 0.6 is 0 Å². The van der Waals surface area contributed by atoms with E-state index in [9.17, 15) is 22.4 Å². The zero-order chi connectivity index (χ0) is 24.3. The first-order valence-corrected chi connectivity index (χ1v) is 10.1. The molecule has 0 fully saturated rings. The van der Waals surface area contributed by atoms with E-state index in [2.05, 4.69) is 20.0 Å². The zero-order valence-electron chi connectivity index (χ0n) is 17.9. The summed E-state index contributed by atoms with van der Waals surface area (Å²) in [5, 5.41) is 2.83. The number of hydrogen-bond acceptors (Lipinski definition) is 6. The summed E-state index contributed by atoms with van der Waals surface area (Å²) in [6.07, 6.45) is -1.45. The minimum Gasteiger partial charge on any atom is -0.491 e. The molecule has 3 heterocycles. The smallest absolute Gasteiger partial charge is 0.422 e. The second-order valence-electron chi connectivity index (χ2n) is 7.47. The molecule has 0 saturated heterocycles. The quantitative estimate of drug-likeness (QED) is 0.542. The Morgan fingerprint density at radius 3 is 2.71 bits per heavy atom. The maximum absolute atomic E-state index is 14.2. The number of amides is 1. The highest BCUT2D eigenvalue weighted by atomic mass is 19.4. The number of benzene rings is 1. The largest absolute Gasteiger partial charge is 0.491 e. The van der Waals surface area contributed by atoms with E-state index in [1.165, 1.54) is 31.5 Å². The molecule has 34 heavy (non-hydrogen) atoms. The lowest BCUT2D eigenvalue weighted by molar-refractivity contribution is -0.154. The Morgan fingerprint density at radius 2 is 2.03 bits per heavy atom. The lowest BCUT2D eigenvalue weighted by Gasteiger charge is -2.28. The van der Waals surface area contributed by atoms with E-state index >= 15 is 0 Å². The number of aromatic nitrogens is 2. The molecule has 1 aliphatic heterocycles. The van der Waals surface area contributed by atoms with Crippen molar-refractivity contribution < 1.29 is 36.6 Å². The Morgan fingerprint density at radius 1 is 1.21 bits per heavy atom. The number of pyridine rings is 2. The van der Waals surface area contributed by atoms with Crippen molar-refractivity contribution in [2.75, 3.05) is 20.3 Å². The highest BCUT2D eigenvalue weighted by Gasteiger charge is 2.29. The van der Waals surface area contributed by atoms with Crippen molar-refractivity contribution in [2.45, 2.75) is 18.6 Å². The van der Waals surface area contributed by atoms with Gasteiger partial charge in [-0.15, -0.1) is 0 Å². The predicted molar refractivity (Wildman–Crippen MR) is 112 cm³/mol. The van der Waals surface area contributed by atoms with Crippen LogP contribution in [0.25, 0.3) is 11.1 Å². The molecule has 7 nitrogen and oxygen atoms in total.